The van der Waals surface area contributed by atoms with Gasteiger partial charge in [0.25, 0.3) is 0 Å². The molecule has 0 bridgehead atoms. The van der Waals surface area contributed by atoms with Crippen molar-refractivity contribution in [3.8, 4) is 0 Å². The summed E-state index contributed by atoms with van der Waals surface area (Å²) in [6.07, 6.45) is -1.93. The van der Waals surface area contributed by atoms with Gasteiger partial charge in [-0.3, -0.25) is 0 Å². The summed E-state index contributed by atoms with van der Waals surface area (Å²) in [5, 5.41) is 0. The van der Waals surface area contributed by atoms with E-state index in [1.54, 1.807) is 13.8 Å². The highest BCUT2D eigenvalue weighted by atomic mass is 19.1. The summed E-state index contributed by atoms with van der Waals surface area (Å²) in [5.41, 5.74) is 0. The summed E-state index contributed by atoms with van der Waals surface area (Å²) >= 11 is 0. The van der Waals surface area contributed by atoms with Crippen LogP contribution in [0.4, 0.5) is 8.78 Å². The van der Waals surface area contributed by atoms with Crippen LogP contribution in [0.5, 0.6) is 0 Å². The molecular weight excluding hydrogens is 278 g/mol. The number of alkyl halides is 2. The second-order valence-electron chi connectivity index (χ2n) is 4.99. The summed E-state index contributed by atoms with van der Waals surface area (Å²) < 4.78 is 42.3. The van der Waals surface area contributed by atoms with Crippen LogP contribution < -0.4 is 0 Å². The zero-order chi connectivity index (χ0) is 16.4. The first kappa shape index (κ1) is 20.1. The molecule has 0 radical (unpaired) electrons. The fourth-order valence-electron chi connectivity index (χ4n) is 1.52. The molecule has 3 nitrogen and oxygen atoms in total. The van der Waals surface area contributed by atoms with Crippen LogP contribution in [-0.2, 0) is 14.2 Å². The van der Waals surface area contributed by atoms with Crippen molar-refractivity contribution in [3.63, 3.8) is 0 Å². The van der Waals surface area contributed by atoms with Crippen LogP contribution in [-0.4, -0.2) is 24.9 Å². The van der Waals surface area contributed by atoms with Gasteiger partial charge in [0.15, 0.2) is 12.7 Å². The Bertz CT molecular complexity index is 291. The van der Waals surface area contributed by atoms with E-state index in [1.165, 1.54) is 0 Å². The molecule has 0 aliphatic heterocycles. The minimum Gasteiger partial charge on any atom is -0.462 e. The van der Waals surface area contributed by atoms with Gasteiger partial charge in [-0.2, -0.15) is 0 Å². The standard InChI is InChI=1S/C16H28F2O3/c1-7-9-15(17)20-13(5)11(3)19-12(4)14(6)21-16(18)10-8-2/h13-16H,3-4,7-10H2,1-2,5-6H3. The van der Waals surface area contributed by atoms with E-state index in [4.69, 9.17) is 14.2 Å². The zero-order valence-electron chi connectivity index (χ0n) is 13.5. The van der Waals surface area contributed by atoms with E-state index in [1.807, 2.05) is 13.8 Å². The smallest absolute Gasteiger partial charge is 0.199 e. The van der Waals surface area contributed by atoms with Crippen molar-refractivity contribution in [1.82, 2.24) is 0 Å². The van der Waals surface area contributed by atoms with E-state index < -0.39 is 24.9 Å². The molecule has 0 aromatic carbocycles. The summed E-state index contributed by atoms with van der Waals surface area (Å²) in [6, 6.07) is 0. The molecule has 0 aliphatic carbocycles. The summed E-state index contributed by atoms with van der Waals surface area (Å²) in [4.78, 5) is 0. The SMILES string of the molecule is C=C(OC(=C)C(C)OC(F)CCC)C(C)OC(F)CCC. The third kappa shape index (κ3) is 8.83. The molecule has 0 saturated heterocycles. The molecular formula is C16H28F2O3. The van der Waals surface area contributed by atoms with Crippen LogP contribution in [0, 0.1) is 0 Å². The quantitative estimate of drug-likeness (QED) is 0.473. The number of ether oxygens (including phenoxy) is 3. The maximum atomic E-state index is 13.4. The van der Waals surface area contributed by atoms with Crippen LogP contribution in [0.2, 0.25) is 0 Å². The van der Waals surface area contributed by atoms with Crippen molar-refractivity contribution in [1.29, 1.82) is 0 Å². The van der Waals surface area contributed by atoms with Crippen molar-refractivity contribution in [3.05, 3.63) is 24.7 Å². The number of hydrogen-bond donors (Lipinski definition) is 0. The van der Waals surface area contributed by atoms with Gasteiger partial charge in [0.1, 0.15) is 23.7 Å². The van der Waals surface area contributed by atoms with Crippen LogP contribution in [0.15, 0.2) is 24.7 Å². The third-order valence-corrected chi connectivity index (χ3v) is 2.90. The van der Waals surface area contributed by atoms with Gasteiger partial charge in [-0.15, -0.1) is 0 Å². The Hall–Kier alpha value is -0.940. The molecule has 0 amide bonds. The second-order valence-corrected chi connectivity index (χ2v) is 4.99. The van der Waals surface area contributed by atoms with Crippen molar-refractivity contribution < 1.29 is 23.0 Å². The van der Waals surface area contributed by atoms with Crippen molar-refractivity contribution >= 4 is 0 Å². The van der Waals surface area contributed by atoms with Gasteiger partial charge < -0.3 is 14.2 Å². The van der Waals surface area contributed by atoms with Crippen LogP contribution >= 0.6 is 0 Å². The van der Waals surface area contributed by atoms with Gasteiger partial charge in [0.05, 0.1) is 0 Å². The Kier molecular flexibility index (Phi) is 10.3. The fourth-order valence-corrected chi connectivity index (χ4v) is 1.52. The van der Waals surface area contributed by atoms with E-state index in [2.05, 4.69) is 13.2 Å². The van der Waals surface area contributed by atoms with Gasteiger partial charge in [-0.1, -0.05) is 39.8 Å². The van der Waals surface area contributed by atoms with E-state index in [9.17, 15) is 8.78 Å². The van der Waals surface area contributed by atoms with Crippen molar-refractivity contribution in [2.75, 3.05) is 0 Å². The first-order valence-electron chi connectivity index (χ1n) is 7.46. The highest BCUT2D eigenvalue weighted by molar-refractivity contribution is 5.01. The Labute approximate surface area is 127 Å². The van der Waals surface area contributed by atoms with Crippen LogP contribution in [0.3, 0.4) is 0 Å². The van der Waals surface area contributed by atoms with Crippen molar-refractivity contribution in [2.24, 2.45) is 0 Å². The van der Waals surface area contributed by atoms with E-state index in [0.29, 0.717) is 25.7 Å². The molecule has 124 valence electrons. The molecule has 5 heteroatoms. The van der Waals surface area contributed by atoms with E-state index in [-0.39, 0.29) is 11.5 Å². The lowest BCUT2D eigenvalue weighted by atomic mass is 10.3. The average molecular weight is 306 g/mol. The van der Waals surface area contributed by atoms with Gasteiger partial charge in [-0.25, -0.2) is 8.78 Å². The number of rotatable bonds is 12. The Morgan fingerprint density at radius 3 is 1.48 bits per heavy atom. The predicted molar refractivity (Wildman–Crippen MR) is 80.1 cm³/mol. The fraction of sp³-hybridized carbons (Fsp3) is 0.750. The molecule has 0 N–H and O–H groups in total. The highest BCUT2D eigenvalue weighted by Crippen LogP contribution is 2.19. The molecule has 0 heterocycles. The molecule has 0 rings (SSSR count). The largest absolute Gasteiger partial charge is 0.462 e. The Morgan fingerprint density at radius 1 is 0.857 bits per heavy atom. The summed E-state index contributed by atoms with van der Waals surface area (Å²) in [6.45, 7) is 14.4. The van der Waals surface area contributed by atoms with Crippen molar-refractivity contribution in [2.45, 2.75) is 78.3 Å². The third-order valence-electron chi connectivity index (χ3n) is 2.90. The maximum absolute atomic E-state index is 13.4. The summed E-state index contributed by atoms with van der Waals surface area (Å²) in [7, 11) is 0. The molecule has 21 heavy (non-hydrogen) atoms. The lowest BCUT2D eigenvalue weighted by Gasteiger charge is -2.23. The topological polar surface area (TPSA) is 27.7 Å². The minimum absolute atomic E-state index is 0.222. The molecule has 0 aliphatic rings. The number of hydrogen-bond acceptors (Lipinski definition) is 3. The zero-order valence-corrected chi connectivity index (χ0v) is 13.5. The number of halogens is 2. The highest BCUT2D eigenvalue weighted by Gasteiger charge is 2.19. The predicted octanol–water partition coefficient (Wildman–Crippen LogP) is 5.03. The molecule has 0 aromatic heterocycles. The second kappa shape index (κ2) is 10.7. The Morgan fingerprint density at radius 2 is 1.19 bits per heavy atom. The summed E-state index contributed by atoms with van der Waals surface area (Å²) in [5.74, 6) is 0.445. The van der Waals surface area contributed by atoms with Gasteiger partial charge in [0, 0.05) is 12.8 Å². The Balaban J connectivity index is 4.20. The lowest BCUT2D eigenvalue weighted by molar-refractivity contribution is -0.0965. The van der Waals surface area contributed by atoms with E-state index in [0.717, 1.165) is 0 Å². The maximum Gasteiger partial charge on any atom is 0.199 e. The molecule has 4 atom stereocenters. The molecule has 0 saturated carbocycles. The van der Waals surface area contributed by atoms with Crippen LogP contribution in [0.25, 0.3) is 0 Å². The molecule has 4 unspecified atom stereocenters. The first-order chi connectivity index (χ1) is 9.81. The molecule has 0 spiro atoms. The molecule has 0 fully saturated rings. The first-order valence-corrected chi connectivity index (χ1v) is 7.46. The van der Waals surface area contributed by atoms with Gasteiger partial charge in [-0.05, 0) is 13.8 Å². The average Bonchev–Trinajstić information content (AvgIpc) is 2.38. The normalized spacial score (nSPS) is 16.9. The monoisotopic (exact) mass is 306 g/mol. The van der Waals surface area contributed by atoms with Gasteiger partial charge >= 0.3 is 0 Å². The van der Waals surface area contributed by atoms with Gasteiger partial charge in [0.2, 0.25) is 0 Å². The van der Waals surface area contributed by atoms with Crippen LogP contribution in [0.1, 0.15) is 53.4 Å². The molecule has 0 aromatic rings. The minimum atomic E-state index is -1.35. The lowest BCUT2D eigenvalue weighted by Crippen LogP contribution is -2.23. The van der Waals surface area contributed by atoms with E-state index >= 15 is 0 Å².